The number of carbonyl (C=O) groups excluding carboxylic acids is 1. The van der Waals surface area contributed by atoms with Crippen LogP contribution in [0.1, 0.15) is 64.9 Å². The number of methoxy groups -OCH3 is 1. The summed E-state index contributed by atoms with van der Waals surface area (Å²) in [5.41, 5.74) is 7.12. The Morgan fingerprint density at radius 1 is 1.20 bits per heavy atom. The predicted molar refractivity (Wildman–Crippen MR) is 126 cm³/mol. The number of hydrogen-bond acceptors (Lipinski definition) is 5. The van der Waals surface area contributed by atoms with Crippen molar-refractivity contribution in [3.63, 3.8) is 0 Å². The fourth-order valence-electron chi connectivity index (χ4n) is 4.09. The molecular formula is C24H38N2O3S. The van der Waals surface area contributed by atoms with E-state index in [9.17, 15) is 4.79 Å². The second kappa shape index (κ2) is 11.1. The highest BCUT2D eigenvalue weighted by molar-refractivity contribution is 7.80. The van der Waals surface area contributed by atoms with Crippen LogP contribution in [0.2, 0.25) is 0 Å². The molecule has 1 unspecified atom stereocenters. The van der Waals surface area contributed by atoms with E-state index in [4.69, 9.17) is 27.4 Å². The van der Waals surface area contributed by atoms with Crippen molar-refractivity contribution >= 4 is 23.2 Å². The first kappa shape index (κ1) is 24.6. The highest BCUT2D eigenvalue weighted by atomic mass is 32.1. The lowest BCUT2D eigenvalue weighted by molar-refractivity contribution is -0.158. The number of ether oxygens (including phenoxy) is 2. The maximum Gasteiger partial charge on any atom is 0.317 e. The molecule has 0 spiro atoms. The topological polar surface area (TPSA) is 64.8 Å². The van der Waals surface area contributed by atoms with E-state index >= 15 is 0 Å². The van der Waals surface area contributed by atoms with E-state index in [1.807, 2.05) is 57.0 Å². The Labute approximate surface area is 187 Å². The fourth-order valence-corrected chi connectivity index (χ4v) is 4.42. The molecule has 0 aromatic heterocycles. The molecule has 1 aliphatic rings. The molecule has 2 N–H and O–H groups in total. The fraction of sp³-hybridized carbons (Fsp3) is 0.667. The van der Waals surface area contributed by atoms with Gasteiger partial charge in [0.1, 0.15) is 17.3 Å². The maximum atomic E-state index is 13.1. The third kappa shape index (κ3) is 7.55. The number of nitrogens with zero attached hydrogens (tertiary/aromatic N) is 1. The van der Waals surface area contributed by atoms with Gasteiger partial charge in [-0.3, -0.25) is 4.79 Å². The Hall–Kier alpha value is -1.66. The van der Waals surface area contributed by atoms with E-state index in [1.54, 1.807) is 7.11 Å². The minimum absolute atomic E-state index is 0.322. The summed E-state index contributed by atoms with van der Waals surface area (Å²) in [7, 11) is 3.56. The Morgan fingerprint density at radius 3 is 2.33 bits per heavy atom. The first-order valence-electron chi connectivity index (χ1n) is 11.0. The molecule has 0 bridgehead atoms. The SMILES string of the molecule is COc1ccc(CN(C)C(=S)[C@@H](C(=O)OC(C)(C)C)C(N)CC2CCCCC2)cc1. The highest BCUT2D eigenvalue weighted by Crippen LogP contribution is 2.30. The largest absolute Gasteiger partial charge is 0.497 e. The van der Waals surface area contributed by atoms with Gasteiger partial charge in [0.05, 0.1) is 12.1 Å². The monoisotopic (exact) mass is 434 g/mol. The van der Waals surface area contributed by atoms with Gasteiger partial charge >= 0.3 is 5.97 Å². The summed E-state index contributed by atoms with van der Waals surface area (Å²) in [6, 6.07) is 7.51. The van der Waals surface area contributed by atoms with Crippen LogP contribution in [-0.2, 0) is 16.1 Å². The summed E-state index contributed by atoms with van der Waals surface area (Å²) >= 11 is 5.78. The van der Waals surface area contributed by atoms with Gasteiger partial charge in [-0.05, 0) is 50.8 Å². The standard InChI is InChI=1S/C24H38N2O3S/c1-24(2,3)29-23(27)21(20(25)15-17-9-7-6-8-10-17)22(30)26(4)16-18-11-13-19(28-5)14-12-18/h11-14,17,20-21H,6-10,15-16,25H2,1-5H3/t20?,21-/m0/s1. The molecule has 1 fully saturated rings. The first-order chi connectivity index (χ1) is 14.1. The van der Waals surface area contributed by atoms with Crippen LogP contribution < -0.4 is 10.5 Å². The minimum atomic E-state index is -0.621. The molecule has 1 aromatic rings. The van der Waals surface area contributed by atoms with Crippen molar-refractivity contribution < 1.29 is 14.3 Å². The van der Waals surface area contributed by atoms with Gasteiger partial charge in [-0.1, -0.05) is 56.5 Å². The summed E-state index contributed by atoms with van der Waals surface area (Å²) in [5, 5.41) is 0. The van der Waals surface area contributed by atoms with Crippen molar-refractivity contribution in [1.82, 2.24) is 4.90 Å². The second-order valence-corrected chi connectivity index (χ2v) is 9.88. The van der Waals surface area contributed by atoms with E-state index < -0.39 is 11.5 Å². The van der Waals surface area contributed by atoms with Crippen LogP contribution in [0.4, 0.5) is 0 Å². The van der Waals surface area contributed by atoms with E-state index in [0.29, 0.717) is 17.5 Å². The van der Waals surface area contributed by atoms with Crippen LogP contribution in [-0.4, -0.2) is 41.7 Å². The highest BCUT2D eigenvalue weighted by Gasteiger charge is 2.36. The lowest BCUT2D eigenvalue weighted by Gasteiger charge is -2.33. The van der Waals surface area contributed by atoms with Gasteiger partial charge in [0, 0.05) is 19.6 Å². The molecule has 0 amide bonds. The van der Waals surface area contributed by atoms with E-state index in [0.717, 1.165) is 17.7 Å². The van der Waals surface area contributed by atoms with Gasteiger partial charge < -0.3 is 20.1 Å². The molecule has 0 saturated heterocycles. The van der Waals surface area contributed by atoms with E-state index in [-0.39, 0.29) is 12.0 Å². The van der Waals surface area contributed by atoms with Crippen LogP contribution >= 0.6 is 12.2 Å². The Balaban J connectivity index is 2.13. The average molecular weight is 435 g/mol. The molecule has 0 radical (unpaired) electrons. The predicted octanol–water partition coefficient (Wildman–Crippen LogP) is 4.71. The van der Waals surface area contributed by atoms with E-state index in [2.05, 4.69) is 0 Å². The lowest BCUT2D eigenvalue weighted by atomic mass is 9.82. The van der Waals surface area contributed by atoms with Crippen molar-refractivity contribution in [2.75, 3.05) is 14.2 Å². The number of hydrogen-bond donors (Lipinski definition) is 1. The molecule has 168 valence electrons. The van der Waals surface area contributed by atoms with Gasteiger partial charge in [-0.25, -0.2) is 0 Å². The number of carbonyl (C=O) groups is 1. The summed E-state index contributed by atoms with van der Waals surface area (Å²) < 4.78 is 10.9. The van der Waals surface area contributed by atoms with E-state index in [1.165, 1.54) is 32.1 Å². The normalized spacial score (nSPS) is 17.1. The number of rotatable bonds is 8. The van der Waals surface area contributed by atoms with Gasteiger partial charge in [0.25, 0.3) is 0 Å². The molecule has 6 heteroatoms. The van der Waals surface area contributed by atoms with Crippen molar-refractivity contribution in [3.05, 3.63) is 29.8 Å². The van der Waals surface area contributed by atoms with Crippen LogP contribution in [0.15, 0.2) is 24.3 Å². The summed E-state index contributed by atoms with van der Waals surface area (Å²) in [4.78, 5) is 15.6. The zero-order valence-electron chi connectivity index (χ0n) is 19.1. The van der Waals surface area contributed by atoms with Crippen molar-refractivity contribution in [2.24, 2.45) is 17.6 Å². The zero-order chi connectivity index (χ0) is 22.3. The first-order valence-corrected chi connectivity index (χ1v) is 11.4. The Morgan fingerprint density at radius 2 is 1.80 bits per heavy atom. The summed E-state index contributed by atoms with van der Waals surface area (Å²) in [6.45, 7) is 6.22. The van der Waals surface area contributed by atoms with Crippen molar-refractivity contribution in [1.29, 1.82) is 0 Å². The molecule has 0 aliphatic heterocycles. The minimum Gasteiger partial charge on any atom is -0.497 e. The third-order valence-electron chi connectivity index (χ3n) is 5.64. The quantitative estimate of drug-likeness (QED) is 0.472. The summed E-state index contributed by atoms with van der Waals surface area (Å²) in [5.74, 6) is 0.431. The Kier molecular flexibility index (Phi) is 9.10. The average Bonchev–Trinajstić information content (AvgIpc) is 2.68. The number of benzene rings is 1. The molecule has 1 aromatic carbocycles. The second-order valence-electron chi connectivity index (χ2n) is 9.46. The number of thiocarbonyl (C=S) groups is 1. The smallest absolute Gasteiger partial charge is 0.317 e. The zero-order valence-corrected chi connectivity index (χ0v) is 20.0. The van der Waals surface area contributed by atoms with Crippen LogP contribution in [0, 0.1) is 11.8 Å². The molecular weight excluding hydrogens is 396 g/mol. The molecule has 30 heavy (non-hydrogen) atoms. The number of nitrogens with two attached hydrogens (primary N) is 1. The third-order valence-corrected chi connectivity index (χ3v) is 6.21. The molecule has 5 nitrogen and oxygen atoms in total. The van der Waals surface area contributed by atoms with Crippen LogP contribution in [0.5, 0.6) is 5.75 Å². The molecule has 2 atom stereocenters. The van der Waals surface area contributed by atoms with Gasteiger partial charge in [0.2, 0.25) is 0 Å². The molecule has 1 aliphatic carbocycles. The van der Waals surface area contributed by atoms with Gasteiger partial charge in [-0.15, -0.1) is 0 Å². The van der Waals surface area contributed by atoms with Crippen molar-refractivity contribution in [2.45, 2.75) is 77.5 Å². The van der Waals surface area contributed by atoms with Gasteiger partial charge in [0.15, 0.2) is 0 Å². The number of esters is 1. The maximum absolute atomic E-state index is 13.1. The molecule has 1 saturated carbocycles. The Bertz CT molecular complexity index is 693. The van der Waals surface area contributed by atoms with Gasteiger partial charge in [-0.2, -0.15) is 0 Å². The lowest BCUT2D eigenvalue weighted by Crippen LogP contribution is -2.48. The van der Waals surface area contributed by atoms with Crippen LogP contribution in [0.25, 0.3) is 0 Å². The van der Waals surface area contributed by atoms with Crippen LogP contribution in [0.3, 0.4) is 0 Å². The van der Waals surface area contributed by atoms with Crippen molar-refractivity contribution in [3.8, 4) is 5.75 Å². The summed E-state index contributed by atoms with van der Waals surface area (Å²) in [6.07, 6.45) is 6.96. The molecule has 0 heterocycles. The molecule has 2 rings (SSSR count).